The Kier molecular flexibility index (Phi) is 3.16. The van der Waals surface area contributed by atoms with E-state index in [1.807, 2.05) is 47.0 Å². The molecule has 0 amide bonds. The SMILES string of the molecule is COc1ccc(-n2c(=S)[nH]c3ccccc32)cc1Br. The average Bonchev–Trinajstić information content (AvgIpc) is 2.74. The molecule has 19 heavy (non-hydrogen) atoms. The molecule has 0 atom stereocenters. The van der Waals surface area contributed by atoms with Crippen LogP contribution in [-0.4, -0.2) is 16.7 Å². The third-order valence-electron chi connectivity index (χ3n) is 2.98. The van der Waals surface area contributed by atoms with E-state index >= 15 is 0 Å². The van der Waals surface area contributed by atoms with Crippen molar-refractivity contribution in [2.45, 2.75) is 0 Å². The maximum Gasteiger partial charge on any atom is 0.182 e. The molecule has 1 N–H and O–H groups in total. The minimum absolute atomic E-state index is 0.679. The summed E-state index contributed by atoms with van der Waals surface area (Å²) in [6.07, 6.45) is 0. The third-order valence-corrected chi connectivity index (χ3v) is 3.89. The number of imidazole rings is 1. The molecule has 3 nitrogen and oxygen atoms in total. The Balaban J connectivity index is 2.27. The lowest BCUT2D eigenvalue weighted by Gasteiger charge is -2.08. The first-order valence-corrected chi connectivity index (χ1v) is 6.94. The highest BCUT2D eigenvalue weighted by Crippen LogP contribution is 2.28. The second-order valence-electron chi connectivity index (χ2n) is 4.10. The van der Waals surface area contributed by atoms with E-state index in [2.05, 4.69) is 20.9 Å². The van der Waals surface area contributed by atoms with Crippen LogP contribution in [-0.2, 0) is 0 Å². The van der Waals surface area contributed by atoms with Gasteiger partial charge in [-0.3, -0.25) is 4.57 Å². The van der Waals surface area contributed by atoms with Gasteiger partial charge in [0, 0.05) is 5.69 Å². The Labute approximate surface area is 124 Å². The summed E-state index contributed by atoms with van der Waals surface area (Å²) >= 11 is 8.90. The zero-order chi connectivity index (χ0) is 13.4. The molecule has 0 aliphatic carbocycles. The molecule has 1 heterocycles. The molecule has 3 aromatic rings. The Hall–Kier alpha value is -1.59. The number of aromatic amines is 1. The molecule has 0 spiro atoms. The van der Waals surface area contributed by atoms with Crippen LogP contribution < -0.4 is 4.74 Å². The summed E-state index contributed by atoms with van der Waals surface area (Å²) in [5.74, 6) is 0.801. The largest absolute Gasteiger partial charge is 0.496 e. The summed E-state index contributed by atoms with van der Waals surface area (Å²) in [5, 5.41) is 0. The highest BCUT2D eigenvalue weighted by Gasteiger charge is 2.08. The number of H-pyrrole nitrogens is 1. The number of aromatic nitrogens is 2. The molecule has 5 heteroatoms. The van der Waals surface area contributed by atoms with Crippen molar-refractivity contribution in [3.63, 3.8) is 0 Å². The second-order valence-corrected chi connectivity index (χ2v) is 5.34. The van der Waals surface area contributed by atoms with E-state index in [4.69, 9.17) is 17.0 Å². The van der Waals surface area contributed by atoms with Crippen molar-refractivity contribution >= 4 is 39.2 Å². The average molecular weight is 335 g/mol. The molecule has 96 valence electrons. The maximum atomic E-state index is 5.40. The lowest BCUT2D eigenvalue weighted by Crippen LogP contribution is -1.94. The number of benzene rings is 2. The number of nitrogens with one attached hydrogen (secondary N) is 1. The normalized spacial score (nSPS) is 10.8. The van der Waals surface area contributed by atoms with E-state index in [9.17, 15) is 0 Å². The van der Waals surface area contributed by atoms with Crippen LogP contribution in [0.15, 0.2) is 46.9 Å². The van der Waals surface area contributed by atoms with Crippen LogP contribution in [0.5, 0.6) is 5.75 Å². The fourth-order valence-corrected chi connectivity index (χ4v) is 2.95. The van der Waals surface area contributed by atoms with Gasteiger partial charge in [-0.05, 0) is 58.5 Å². The van der Waals surface area contributed by atoms with Crippen LogP contribution in [0, 0.1) is 4.77 Å². The van der Waals surface area contributed by atoms with Crippen molar-refractivity contribution in [1.82, 2.24) is 9.55 Å². The van der Waals surface area contributed by atoms with Crippen LogP contribution in [0.25, 0.3) is 16.7 Å². The van der Waals surface area contributed by atoms with Crippen molar-refractivity contribution in [2.75, 3.05) is 7.11 Å². The summed E-state index contributed by atoms with van der Waals surface area (Å²) in [7, 11) is 1.65. The number of rotatable bonds is 2. The fourth-order valence-electron chi connectivity index (χ4n) is 2.11. The zero-order valence-corrected chi connectivity index (χ0v) is 12.6. The van der Waals surface area contributed by atoms with Crippen LogP contribution >= 0.6 is 28.1 Å². The lowest BCUT2D eigenvalue weighted by atomic mass is 10.2. The first-order chi connectivity index (χ1) is 9.20. The van der Waals surface area contributed by atoms with Gasteiger partial charge >= 0.3 is 0 Å². The van der Waals surface area contributed by atoms with Crippen LogP contribution in [0.3, 0.4) is 0 Å². The summed E-state index contributed by atoms with van der Waals surface area (Å²) in [4.78, 5) is 3.20. The minimum Gasteiger partial charge on any atom is -0.496 e. The highest BCUT2D eigenvalue weighted by atomic mass is 79.9. The van der Waals surface area contributed by atoms with Gasteiger partial charge in [0.05, 0.1) is 22.6 Å². The standard InChI is InChI=1S/C14H11BrN2OS/c1-18-13-7-6-9(8-10(13)15)17-12-5-3-2-4-11(12)16-14(17)19/h2-8H,1H3,(H,16,19). The van der Waals surface area contributed by atoms with E-state index < -0.39 is 0 Å². The molecular formula is C14H11BrN2OS. The second kappa shape index (κ2) is 4.83. The molecule has 0 radical (unpaired) electrons. The van der Waals surface area contributed by atoms with Crippen LogP contribution in [0.1, 0.15) is 0 Å². The number of methoxy groups -OCH3 is 1. The summed E-state index contributed by atoms with van der Waals surface area (Å²) in [6, 6.07) is 13.9. The Morgan fingerprint density at radius 3 is 2.74 bits per heavy atom. The molecule has 0 unspecified atom stereocenters. The van der Waals surface area contributed by atoms with Crippen molar-refractivity contribution < 1.29 is 4.74 Å². The van der Waals surface area contributed by atoms with Crippen molar-refractivity contribution in [3.05, 3.63) is 51.7 Å². The smallest absolute Gasteiger partial charge is 0.182 e. The predicted octanol–water partition coefficient (Wildman–Crippen LogP) is 4.46. The Bertz CT molecular complexity index is 807. The number of fused-ring (bicyclic) bond motifs is 1. The number of ether oxygens (including phenoxy) is 1. The lowest BCUT2D eigenvalue weighted by molar-refractivity contribution is 0.412. The molecule has 0 aliphatic heterocycles. The topological polar surface area (TPSA) is 29.9 Å². The van der Waals surface area contributed by atoms with E-state index in [1.54, 1.807) is 7.11 Å². The van der Waals surface area contributed by atoms with E-state index in [0.717, 1.165) is 26.9 Å². The summed E-state index contributed by atoms with van der Waals surface area (Å²) in [6.45, 7) is 0. The molecule has 0 saturated heterocycles. The van der Waals surface area contributed by atoms with Gasteiger partial charge in [0.25, 0.3) is 0 Å². The molecule has 0 saturated carbocycles. The number of hydrogen-bond donors (Lipinski definition) is 1. The van der Waals surface area contributed by atoms with Crippen molar-refractivity contribution in [2.24, 2.45) is 0 Å². The van der Waals surface area contributed by atoms with Gasteiger partial charge in [0.1, 0.15) is 5.75 Å². The highest BCUT2D eigenvalue weighted by molar-refractivity contribution is 9.10. The van der Waals surface area contributed by atoms with Crippen molar-refractivity contribution in [3.8, 4) is 11.4 Å². The minimum atomic E-state index is 0.679. The summed E-state index contributed by atoms with van der Waals surface area (Å²) in [5.41, 5.74) is 3.08. The Morgan fingerprint density at radius 2 is 2.00 bits per heavy atom. The maximum absolute atomic E-state index is 5.40. The predicted molar refractivity (Wildman–Crippen MR) is 82.7 cm³/mol. The zero-order valence-electron chi connectivity index (χ0n) is 10.2. The van der Waals surface area contributed by atoms with Gasteiger partial charge in [-0.25, -0.2) is 0 Å². The summed E-state index contributed by atoms with van der Waals surface area (Å²) < 4.78 is 8.84. The van der Waals surface area contributed by atoms with Gasteiger partial charge < -0.3 is 9.72 Å². The van der Waals surface area contributed by atoms with Gasteiger partial charge in [-0.15, -0.1) is 0 Å². The van der Waals surface area contributed by atoms with Crippen molar-refractivity contribution in [1.29, 1.82) is 0 Å². The molecule has 0 bridgehead atoms. The van der Waals surface area contributed by atoms with Crippen LogP contribution in [0.2, 0.25) is 0 Å². The molecule has 0 aliphatic rings. The third kappa shape index (κ3) is 2.09. The van der Waals surface area contributed by atoms with E-state index in [1.165, 1.54) is 0 Å². The van der Waals surface area contributed by atoms with Gasteiger partial charge in [-0.1, -0.05) is 12.1 Å². The Morgan fingerprint density at radius 1 is 1.21 bits per heavy atom. The number of para-hydroxylation sites is 2. The van der Waals surface area contributed by atoms with Gasteiger partial charge in [-0.2, -0.15) is 0 Å². The molecule has 0 fully saturated rings. The molecule has 3 rings (SSSR count). The quantitative estimate of drug-likeness (QED) is 0.701. The number of halogens is 1. The molecule has 1 aromatic heterocycles. The van der Waals surface area contributed by atoms with E-state index in [-0.39, 0.29) is 0 Å². The monoisotopic (exact) mass is 334 g/mol. The molecular weight excluding hydrogens is 324 g/mol. The van der Waals surface area contributed by atoms with Gasteiger partial charge in [0.2, 0.25) is 0 Å². The number of hydrogen-bond acceptors (Lipinski definition) is 2. The van der Waals surface area contributed by atoms with E-state index in [0.29, 0.717) is 4.77 Å². The first kappa shape index (κ1) is 12.4. The molecule has 2 aromatic carbocycles. The van der Waals surface area contributed by atoms with Crippen LogP contribution in [0.4, 0.5) is 0 Å². The first-order valence-electron chi connectivity index (χ1n) is 5.74. The number of nitrogens with zero attached hydrogens (tertiary/aromatic N) is 1. The fraction of sp³-hybridized carbons (Fsp3) is 0.0714. The van der Waals surface area contributed by atoms with Gasteiger partial charge in [0.15, 0.2) is 4.77 Å².